The van der Waals surface area contributed by atoms with Crippen molar-refractivity contribution in [3.05, 3.63) is 78.9 Å². The van der Waals surface area contributed by atoms with E-state index in [-0.39, 0.29) is 51.5 Å². The van der Waals surface area contributed by atoms with Gasteiger partial charge in [0.15, 0.2) is 23.1 Å². The van der Waals surface area contributed by atoms with Crippen molar-refractivity contribution in [3.63, 3.8) is 0 Å². The smallest absolute Gasteiger partial charge is 0.238 e. The van der Waals surface area contributed by atoms with Gasteiger partial charge in [-0.3, -0.25) is 24.1 Å². The Morgan fingerprint density at radius 2 is 1.62 bits per heavy atom. The van der Waals surface area contributed by atoms with Crippen LogP contribution >= 0.6 is 38.5 Å². The van der Waals surface area contributed by atoms with Crippen LogP contribution in [0, 0.1) is 21.3 Å². The summed E-state index contributed by atoms with van der Waals surface area (Å²) in [6.45, 7) is 0. The average Bonchev–Trinajstić information content (AvgIpc) is 3.21. The highest BCUT2D eigenvalue weighted by Crippen LogP contribution is 2.56. The number of phenolic OH excluding ortho intramolecular Hbond substituents is 1. The van der Waals surface area contributed by atoms with Gasteiger partial charge in [-0.15, -0.1) is 0 Å². The van der Waals surface area contributed by atoms with Crippen molar-refractivity contribution < 1.29 is 33.8 Å². The fourth-order valence-corrected chi connectivity index (χ4v) is 7.32. The molecule has 40 heavy (non-hydrogen) atoms. The van der Waals surface area contributed by atoms with Crippen molar-refractivity contribution in [1.82, 2.24) is 0 Å². The first-order valence-electron chi connectivity index (χ1n) is 12.6. The molecule has 1 saturated heterocycles. The first-order chi connectivity index (χ1) is 19.2. The van der Waals surface area contributed by atoms with E-state index in [0.717, 1.165) is 9.14 Å². The van der Waals surface area contributed by atoms with Crippen LogP contribution in [0.1, 0.15) is 24.3 Å². The zero-order chi connectivity index (χ0) is 28.5. The number of Topliss-reactive ketones (excluding diaryl/α,β-unsaturated/α-hetero) is 1. The maximum atomic E-state index is 14.0. The molecule has 1 N–H and O–H groups in total. The molecule has 4 atom stereocenters. The van der Waals surface area contributed by atoms with Gasteiger partial charge in [0, 0.05) is 26.7 Å². The predicted octanol–water partition coefficient (Wildman–Crippen LogP) is 4.98. The summed E-state index contributed by atoms with van der Waals surface area (Å²) in [6, 6.07) is 10.4. The van der Waals surface area contributed by atoms with Gasteiger partial charge in [0.1, 0.15) is 0 Å². The number of aromatic hydroxyl groups is 1. The van der Waals surface area contributed by atoms with Gasteiger partial charge in [0.05, 0.1) is 36.2 Å². The molecule has 8 nitrogen and oxygen atoms in total. The average molecular weight is 716 g/mol. The minimum absolute atomic E-state index is 0.149. The van der Waals surface area contributed by atoms with Gasteiger partial charge < -0.3 is 14.6 Å². The number of amides is 2. The molecule has 1 aliphatic heterocycles. The lowest BCUT2D eigenvalue weighted by Crippen LogP contribution is -2.39. The maximum Gasteiger partial charge on any atom is 0.238 e. The van der Waals surface area contributed by atoms with Gasteiger partial charge in [0.2, 0.25) is 17.6 Å². The van der Waals surface area contributed by atoms with E-state index in [4.69, 9.17) is 9.47 Å². The normalized spacial score (nSPS) is 25.8. The van der Waals surface area contributed by atoms with Crippen LogP contribution in [0.2, 0.25) is 0 Å². The zero-order valence-corrected chi connectivity index (χ0v) is 25.2. The molecule has 0 aromatic heterocycles. The van der Waals surface area contributed by atoms with Gasteiger partial charge in [-0.1, -0.05) is 11.6 Å². The van der Waals surface area contributed by atoms with Crippen molar-refractivity contribution in [2.75, 3.05) is 19.1 Å². The summed E-state index contributed by atoms with van der Waals surface area (Å²) in [5.74, 6) is -3.51. The van der Waals surface area contributed by atoms with Crippen LogP contribution in [-0.2, 0) is 19.2 Å². The molecule has 4 aliphatic rings. The van der Waals surface area contributed by atoms with Crippen LogP contribution < -0.4 is 14.4 Å². The van der Waals surface area contributed by atoms with Gasteiger partial charge in [-0.2, -0.15) is 0 Å². The number of ketones is 2. The van der Waals surface area contributed by atoms with Crippen LogP contribution in [0.25, 0.3) is 0 Å². The van der Waals surface area contributed by atoms with Crippen molar-refractivity contribution >= 4 is 67.6 Å². The minimum atomic E-state index is -0.693. The van der Waals surface area contributed by atoms with E-state index < -0.39 is 23.7 Å². The molecular formula is C30H23BrINO7. The van der Waals surface area contributed by atoms with Crippen LogP contribution in [-0.4, -0.2) is 42.7 Å². The standard InChI is InChI=1S/C30H23BrINO7/c1-39-22-9-13(10-23(40-2)28(22)36)24-16-7-8-17-25(18(16)11-19-26(24)21(34)12-20(31)27(19)35)30(38)33(29(17)37)15-5-3-14(32)4-6-15/h3-7,9-10,12,17-18,24-25,36H,8,11H2,1-2H3/t17-,18+,24-,25-/m0/s1. The Kier molecular flexibility index (Phi) is 6.73. The number of rotatable bonds is 4. The molecule has 1 fully saturated rings. The first kappa shape index (κ1) is 26.9. The monoisotopic (exact) mass is 715 g/mol. The largest absolute Gasteiger partial charge is 0.502 e. The van der Waals surface area contributed by atoms with Gasteiger partial charge in [-0.25, -0.2) is 0 Å². The number of ether oxygens (including phenoxy) is 2. The number of allylic oxidation sites excluding steroid dienone is 6. The molecule has 0 bridgehead atoms. The third kappa shape index (κ3) is 3.98. The van der Waals surface area contributed by atoms with Crippen LogP contribution in [0.3, 0.4) is 0 Å². The number of nitrogens with zero attached hydrogens (tertiary/aromatic N) is 1. The highest BCUT2D eigenvalue weighted by Gasteiger charge is 2.56. The number of phenols is 1. The van der Waals surface area contributed by atoms with E-state index in [1.54, 1.807) is 24.3 Å². The van der Waals surface area contributed by atoms with Gasteiger partial charge >= 0.3 is 0 Å². The number of halogens is 2. The fourth-order valence-electron chi connectivity index (χ4n) is 6.51. The number of anilines is 1. The zero-order valence-electron chi connectivity index (χ0n) is 21.4. The predicted molar refractivity (Wildman–Crippen MR) is 157 cm³/mol. The summed E-state index contributed by atoms with van der Waals surface area (Å²) >= 11 is 5.40. The van der Waals surface area contributed by atoms with Crippen LogP contribution in [0.5, 0.6) is 17.2 Å². The van der Waals surface area contributed by atoms with E-state index in [0.29, 0.717) is 28.8 Å². The quantitative estimate of drug-likeness (QED) is 0.206. The van der Waals surface area contributed by atoms with E-state index in [9.17, 15) is 24.3 Å². The molecule has 10 heteroatoms. The molecule has 204 valence electrons. The van der Waals surface area contributed by atoms with E-state index in [1.165, 1.54) is 25.2 Å². The Bertz CT molecular complexity index is 1580. The minimum Gasteiger partial charge on any atom is -0.502 e. The van der Waals surface area contributed by atoms with E-state index >= 15 is 0 Å². The number of hydrogen-bond acceptors (Lipinski definition) is 7. The van der Waals surface area contributed by atoms with Crippen molar-refractivity contribution in [2.24, 2.45) is 17.8 Å². The summed E-state index contributed by atoms with van der Waals surface area (Å²) < 4.78 is 11.9. The Morgan fingerprint density at radius 3 is 2.25 bits per heavy atom. The lowest BCUT2D eigenvalue weighted by Gasteiger charge is -2.42. The highest BCUT2D eigenvalue weighted by molar-refractivity contribution is 14.1. The third-order valence-electron chi connectivity index (χ3n) is 8.25. The number of benzene rings is 2. The summed E-state index contributed by atoms with van der Waals surface area (Å²) in [4.78, 5) is 55.7. The molecule has 0 radical (unpaired) electrons. The molecule has 2 aromatic carbocycles. The lowest BCUT2D eigenvalue weighted by molar-refractivity contribution is -0.123. The SMILES string of the molecule is COc1cc([C@H]2C3=CC[C@@H]4C(=O)N(c5ccc(I)cc5)C(=O)[C@@H]4[C@@H]3CC3=C2C(=O)C=C(Br)C3=O)cc(OC)c1O. The summed E-state index contributed by atoms with van der Waals surface area (Å²) in [5, 5.41) is 10.5. The number of methoxy groups -OCH3 is 2. The van der Waals surface area contributed by atoms with Crippen LogP contribution in [0.4, 0.5) is 5.69 Å². The molecule has 3 aliphatic carbocycles. The maximum absolute atomic E-state index is 14.0. The molecule has 1 heterocycles. The highest BCUT2D eigenvalue weighted by atomic mass is 127. The number of fused-ring (bicyclic) bond motifs is 3. The van der Waals surface area contributed by atoms with Crippen molar-refractivity contribution in [3.8, 4) is 17.2 Å². The molecular weight excluding hydrogens is 693 g/mol. The number of hydrogen-bond donors (Lipinski definition) is 1. The number of carbonyl (C=O) groups excluding carboxylic acids is 4. The molecule has 0 saturated carbocycles. The number of carbonyl (C=O) groups is 4. The van der Waals surface area contributed by atoms with Gasteiger partial charge in [-0.05, 0) is 99.2 Å². The van der Waals surface area contributed by atoms with E-state index in [2.05, 4.69) is 38.5 Å². The Hall–Kier alpha value is -3.25. The second-order valence-corrected chi connectivity index (χ2v) is 12.3. The first-order valence-corrected chi connectivity index (χ1v) is 14.5. The molecule has 2 amide bonds. The Morgan fingerprint density at radius 1 is 0.975 bits per heavy atom. The number of imide groups is 1. The Balaban J connectivity index is 1.51. The van der Waals surface area contributed by atoms with E-state index in [1.807, 2.05) is 18.2 Å². The fraction of sp³-hybridized carbons (Fsp3) is 0.267. The summed E-state index contributed by atoms with van der Waals surface area (Å²) in [7, 11) is 2.82. The second-order valence-electron chi connectivity index (χ2n) is 10.2. The molecule has 6 rings (SSSR count). The molecule has 0 unspecified atom stereocenters. The van der Waals surface area contributed by atoms with Gasteiger partial charge in [0.25, 0.3) is 0 Å². The molecule has 0 spiro atoms. The lowest BCUT2D eigenvalue weighted by atomic mass is 9.59. The Labute approximate surface area is 252 Å². The second kappa shape index (κ2) is 9.99. The summed E-state index contributed by atoms with van der Waals surface area (Å²) in [5.41, 5.74) is 2.54. The molecule has 2 aromatic rings. The van der Waals surface area contributed by atoms with Crippen LogP contribution in [0.15, 0.2) is 69.8 Å². The third-order valence-corrected chi connectivity index (χ3v) is 9.56. The topological polar surface area (TPSA) is 110 Å². The van der Waals surface area contributed by atoms with Crippen molar-refractivity contribution in [1.29, 1.82) is 0 Å². The van der Waals surface area contributed by atoms with Crippen molar-refractivity contribution in [2.45, 2.75) is 18.8 Å². The summed E-state index contributed by atoms with van der Waals surface area (Å²) in [6.07, 6.45) is 3.71.